The van der Waals surface area contributed by atoms with E-state index in [1.807, 2.05) is 25.1 Å². The first-order valence-corrected chi connectivity index (χ1v) is 5.54. The molecule has 0 saturated carbocycles. The number of rotatable bonds is 4. The van der Waals surface area contributed by atoms with Crippen molar-refractivity contribution in [3.8, 4) is 11.5 Å². The van der Waals surface area contributed by atoms with Crippen molar-refractivity contribution >= 4 is 0 Å². The summed E-state index contributed by atoms with van der Waals surface area (Å²) in [4.78, 5) is 0. The molecule has 2 N–H and O–H groups in total. The molecule has 0 bridgehead atoms. The van der Waals surface area contributed by atoms with E-state index in [4.69, 9.17) is 19.9 Å². The average Bonchev–Trinajstić information content (AvgIpc) is 2.35. The monoisotopic (exact) mass is 223 g/mol. The standard InChI is InChI=1S/C12H17NO3/c1-2-14-8-10(13)9-4-3-5-11-12(9)16-7-6-15-11/h3-5,10H,2,6-8,13H2,1H3. The van der Waals surface area contributed by atoms with Crippen LogP contribution in [0.4, 0.5) is 0 Å². The number of para-hydroxylation sites is 1. The highest BCUT2D eigenvalue weighted by molar-refractivity contribution is 5.48. The SMILES string of the molecule is CCOCC(N)c1cccc2c1OCCO2. The number of nitrogens with two attached hydrogens (primary N) is 1. The molecule has 1 heterocycles. The summed E-state index contributed by atoms with van der Waals surface area (Å²) in [6.45, 7) is 4.28. The van der Waals surface area contributed by atoms with Crippen molar-refractivity contribution in [2.75, 3.05) is 26.4 Å². The molecule has 0 radical (unpaired) electrons. The fourth-order valence-electron chi connectivity index (χ4n) is 1.72. The zero-order valence-electron chi connectivity index (χ0n) is 9.44. The van der Waals surface area contributed by atoms with Gasteiger partial charge < -0.3 is 19.9 Å². The second-order valence-corrected chi connectivity index (χ2v) is 3.64. The van der Waals surface area contributed by atoms with E-state index in [1.54, 1.807) is 0 Å². The summed E-state index contributed by atoms with van der Waals surface area (Å²) < 4.78 is 16.4. The Morgan fingerprint density at radius 1 is 1.38 bits per heavy atom. The van der Waals surface area contributed by atoms with Crippen LogP contribution in [0.1, 0.15) is 18.5 Å². The van der Waals surface area contributed by atoms with E-state index in [-0.39, 0.29) is 6.04 Å². The van der Waals surface area contributed by atoms with Crippen molar-refractivity contribution in [1.82, 2.24) is 0 Å². The third kappa shape index (κ3) is 2.28. The lowest BCUT2D eigenvalue weighted by atomic mass is 10.1. The van der Waals surface area contributed by atoms with Gasteiger partial charge in [-0.3, -0.25) is 0 Å². The van der Waals surface area contributed by atoms with Gasteiger partial charge in [-0.05, 0) is 13.0 Å². The van der Waals surface area contributed by atoms with Crippen LogP contribution < -0.4 is 15.2 Å². The van der Waals surface area contributed by atoms with Gasteiger partial charge in [-0.1, -0.05) is 12.1 Å². The third-order valence-corrected chi connectivity index (χ3v) is 2.50. The van der Waals surface area contributed by atoms with E-state index in [1.165, 1.54) is 0 Å². The largest absolute Gasteiger partial charge is 0.486 e. The summed E-state index contributed by atoms with van der Waals surface area (Å²) in [5.41, 5.74) is 6.99. The summed E-state index contributed by atoms with van der Waals surface area (Å²) in [6, 6.07) is 5.61. The van der Waals surface area contributed by atoms with Crippen LogP contribution in [0.3, 0.4) is 0 Å². The topological polar surface area (TPSA) is 53.7 Å². The van der Waals surface area contributed by atoms with Gasteiger partial charge in [0.2, 0.25) is 0 Å². The molecule has 0 amide bonds. The second kappa shape index (κ2) is 5.18. The first-order valence-electron chi connectivity index (χ1n) is 5.54. The molecule has 0 fully saturated rings. The molecule has 1 unspecified atom stereocenters. The highest BCUT2D eigenvalue weighted by Gasteiger charge is 2.19. The van der Waals surface area contributed by atoms with Gasteiger partial charge in [0.15, 0.2) is 11.5 Å². The highest BCUT2D eigenvalue weighted by atomic mass is 16.6. The molecule has 0 aliphatic carbocycles. The minimum atomic E-state index is -0.170. The van der Waals surface area contributed by atoms with Gasteiger partial charge in [-0.15, -0.1) is 0 Å². The van der Waals surface area contributed by atoms with Crippen molar-refractivity contribution in [2.24, 2.45) is 5.73 Å². The van der Waals surface area contributed by atoms with E-state index in [2.05, 4.69) is 0 Å². The quantitative estimate of drug-likeness (QED) is 0.840. The Bertz CT molecular complexity index is 354. The van der Waals surface area contributed by atoms with Crippen LogP contribution in [0.15, 0.2) is 18.2 Å². The van der Waals surface area contributed by atoms with Crippen LogP contribution in [-0.2, 0) is 4.74 Å². The molecule has 4 heteroatoms. The maximum atomic E-state index is 6.04. The first kappa shape index (κ1) is 11.2. The van der Waals surface area contributed by atoms with Crippen molar-refractivity contribution in [3.05, 3.63) is 23.8 Å². The smallest absolute Gasteiger partial charge is 0.166 e. The number of fused-ring (bicyclic) bond motifs is 1. The molecule has 1 atom stereocenters. The molecular formula is C12H17NO3. The van der Waals surface area contributed by atoms with Crippen molar-refractivity contribution in [2.45, 2.75) is 13.0 Å². The summed E-state index contributed by atoms with van der Waals surface area (Å²) in [7, 11) is 0. The Morgan fingerprint density at radius 3 is 3.00 bits per heavy atom. The molecular weight excluding hydrogens is 206 g/mol. The number of benzene rings is 1. The van der Waals surface area contributed by atoms with Gasteiger partial charge in [0.25, 0.3) is 0 Å². The number of hydrogen-bond donors (Lipinski definition) is 1. The van der Waals surface area contributed by atoms with E-state index in [9.17, 15) is 0 Å². The van der Waals surface area contributed by atoms with Gasteiger partial charge in [-0.2, -0.15) is 0 Å². The second-order valence-electron chi connectivity index (χ2n) is 3.64. The van der Waals surface area contributed by atoms with Crippen LogP contribution in [0, 0.1) is 0 Å². The average molecular weight is 223 g/mol. The molecule has 0 saturated heterocycles. The molecule has 2 rings (SSSR count). The number of ether oxygens (including phenoxy) is 3. The minimum Gasteiger partial charge on any atom is -0.486 e. The maximum Gasteiger partial charge on any atom is 0.166 e. The molecule has 4 nitrogen and oxygen atoms in total. The Balaban J connectivity index is 2.19. The fourth-order valence-corrected chi connectivity index (χ4v) is 1.72. The Morgan fingerprint density at radius 2 is 2.19 bits per heavy atom. The van der Waals surface area contributed by atoms with E-state index in [0.29, 0.717) is 26.4 Å². The third-order valence-electron chi connectivity index (χ3n) is 2.50. The summed E-state index contributed by atoms with van der Waals surface area (Å²) in [6.07, 6.45) is 0. The molecule has 0 aromatic heterocycles. The highest BCUT2D eigenvalue weighted by Crippen LogP contribution is 2.36. The lowest BCUT2D eigenvalue weighted by molar-refractivity contribution is 0.129. The zero-order chi connectivity index (χ0) is 11.4. The van der Waals surface area contributed by atoms with Crippen LogP contribution in [0.5, 0.6) is 11.5 Å². The summed E-state index contributed by atoms with van der Waals surface area (Å²) in [5.74, 6) is 1.54. The Labute approximate surface area is 95.3 Å². The molecule has 1 aromatic carbocycles. The van der Waals surface area contributed by atoms with Gasteiger partial charge in [-0.25, -0.2) is 0 Å². The minimum absolute atomic E-state index is 0.170. The van der Waals surface area contributed by atoms with E-state index >= 15 is 0 Å². The summed E-state index contributed by atoms with van der Waals surface area (Å²) in [5, 5.41) is 0. The van der Waals surface area contributed by atoms with Crippen molar-refractivity contribution in [3.63, 3.8) is 0 Å². The normalized spacial score (nSPS) is 15.9. The predicted octanol–water partition coefficient (Wildman–Crippen LogP) is 1.49. The first-order chi connectivity index (χ1) is 7.83. The van der Waals surface area contributed by atoms with Crippen LogP contribution >= 0.6 is 0 Å². The molecule has 0 spiro atoms. The van der Waals surface area contributed by atoms with Gasteiger partial charge in [0.05, 0.1) is 12.6 Å². The van der Waals surface area contributed by atoms with Crippen molar-refractivity contribution in [1.29, 1.82) is 0 Å². The van der Waals surface area contributed by atoms with Gasteiger partial charge >= 0.3 is 0 Å². The predicted molar refractivity (Wildman–Crippen MR) is 60.9 cm³/mol. The van der Waals surface area contributed by atoms with E-state index in [0.717, 1.165) is 17.1 Å². The Kier molecular flexibility index (Phi) is 3.64. The van der Waals surface area contributed by atoms with Crippen LogP contribution in [0.2, 0.25) is 0 Å². The van der Waals surface area contributed by atoms with Gasteiger partial charge in [0.1, 0.15) is 13.2 Å². The molecule has 1 aromatic rings. The van der Waals surface area contributed by atoms with E-state index < -0.39 is 0 Å². The molecule has 16 heavy (non-hydrogen) atoms. The summed E-state index contributed by atoms with van der Waals surface area (Å²) >= 11 is 0. The lowest BCUT2D eigenvalue weighted by Gasteiger charge is -2.23. The van der Waals surface area contributed by atoms with Crippen LogP contribution in [0.25, 0.3) is 0 Å². The van der Waals surface area contributed by atoms with Crippen LogP contribution in [-0.4, -0.2) is 26.4 Å². The lowest BCUT2D eigenvalue weighted by Crippen LogP contribution is -2.22. The molecule has 1 aliphatic heterocycles. The zero-order valence-corrected chi connectivity index (χ0v) is 9.44. The fraction of sp³-hybridized carbons (Fsp3) is 0.500. The van der Waals surface area contributed by atoms with Gasteiger partial charge in [0, 0.05) is 12.2 Å². The van der Waals surface area contributed by atoms with Crippen molar-refractivity contribution < 1.29 is 14.2 Å². The molecule has 88 valence electrons. The molecule has 1 aliphatic rings. The number of hydrogen-bond acceptors (Lipinski definition) is 4. The maximum absolute atomic E-state index is 6.04. The Hall–Kier alpha value is -1.26.